The van der Waals surface area contributed by atoms with E-state index in [1.807, 2.05) is 44.2 Å². The van der Waals surface area contributed by atoms with E-state index in [2.05, 4.69) is 21.8 Å². The summed E-state index contributed by atoms with van der Waals surface area (Å²) in [6.07, 6.45) is 3.39. The molecule has 0 aliphatic rings. The summed E-state index contributed by atoms with van der Waals surface area (Å²) in [5.74, 6) is 1.67. The molecule has 7 heteroatoms. The van der Waals surface area contributed by atoms with Gasteiger partial charge >= 0.3 is 5.63 Å². The summed E-state index contributed by atoms with van der Waals surface area (Å²) in [5, 5.41) is 0.516. The smallest absolute Gasteiger partial charge is 0.347 e. The summed E-state index contributed by atoms with van der Waals surface area (Å²) < 4.78 is 11.1. The molecule has 0 aliphatic heterocycles. The Balaban J connectivity index is 2.13. The van der Waals surface area contributed by atoms with Crippen molar-refractivity contribution in [1.82, 2.24) is 14.9 Å². The Morgan fingerprint density at radius 2 is 1.97 bits per heavy atom. The Kier molecular flexibility index (Phi) is 6.49. The highest BCUT2D eigenvalue weighted by Gasteiger charge is 2.18. The fourth-order valence-corrected chi connectivity index (χ4v) is 3.28. The number of likely N-dealkylation sites (N-methyl/N-ethyl adjacent to an activating group) is 2. The van der Waals surface area contributed by atoms with Crippen molar-refractivity contribution in [2.75, 3.05) is 46.2 Å². The van der Waals surface area contributed by atoms with Gasteiger partial charge in [-0.2, -0.15) is 0 Å². The van der Waals surface area contributed by atoms with Gasteiger partial charge in [-0.15, -0.1) is 0 Å². The lowest BCUT2D eigenvalue weighted by Gasteiger charge is -2.22. The second-order valence-electron chi connectivity index (χ2n) is 7.34. The Morgan fingerprint density at radius 3 is 2.66 bits per heavy atom. The number of benzene rings is 1. The number of ether oxygens (including phenoxy) is 1. The number of aryl methyl sites for hydroxylation is 1. The number of pyridine rings is 1. The average Bonchev–Trinajstić information content (AvgIpc) is 2.71. The standard InChI is InChI=1S/C22H28N4O3/c1-6-8-15-13-16(28-5)14-18-19(15)22(27)29-21(24-18)17-9-7-10-23-20(17)26(4)12-11-25(2)3/h7,9-10,13-14H,6,8,11-12H2,1-5H3. The quantitative estimate of drug-likeness (QED) is 0.579. The molecular formula is C22H28N4O3. The summed E-state index contributed by atoms with van der Waals surface area (Å²) in [6.45, 7) is 3.72. The van der Waals surface area contributed by atoms with Gasteiger partial charge in [0.1, 0.15) is 11.6 Å². The van der Waals surface area contributed by atoms with Gasteiger partial charge in [-0.25, -0.2) is 14.8 Å². The maximum atomic E-state index is 12.9. The maximum absolute atomic E-state index is 12.9. The zero-order valence-electron chi connectivity index (χ0n) is 17.7. The molecular weight excluding hydrogens is 368 g/mol. The third-order valence-corrected chi connectivity index (χ3v) is 4.80. The van der Waals surface area contributed by atoms with Crippen molar-refractivity contribution in [2.24, 2.45) is 0 Å². The summed E-state index contributed by atoms with van der Waals surface area (Å²) in [7, 11) is 7.63. The van der Waals surface area contributed by atoms with Crippen molar-refractivity contribution in [3.63, 3.8) is 0 Å². The molecule has 0 bridgehead atoms. The highest BCUT2D eigenvalue weighted by Crippen LogP contribution is 2.29. The Bertz CT molecular complexity index is 1050. The van der Waals surface area contributed by atoms with Crippen molar-refractivity contribution < 1.29 is 9.15 Å². The van der Waals surface area contributed by atoms with Crippen LogP contribution in [0, 0.1) is 0 Å². The first-order valence-electron chi connectivity index (χ1n) is 9.77. The molecule has 0 atom stereocenters. The van der Waals surface area contributed by atoms with Gasteiger partial charge in [-0.05, 0) is 44.3 Å². The van der Waals surface area contributed by atoms with Crippen LogP contribution in [0.25, 0.3) is 22.4 Å². The highest BCUT2D eigenvalue weighted by atomic mass is 16.5. The Hall–Kier alpha value is -2.93. The van der Waals surface area contributed by atoms with Crippen molar-refractivity contribution in [1.29, 1.82) is 0 Å². The molecule has 0 saturated carbocycles. The van der Waals surface area contributed by atoms with Crippen LogP contribution in [-0.4, -0.2) is 56.2 Å². The van der Waals surface area contributed by atoms with Gasteiger partial charge in [0.05, 0.1) is 23.6 Å². The van der Waals surface area contributed by atoms with Crippen LogP contribution in [0.4, 0.5) is 5.82 Å². The van der Waals surface area contributed by atoms with E-state index in [-0.39, 0.29) is 11.5 Å². The molecule has 1 aromatic carbocycles. The lowest BCUT2D eigenvalue weighted by Crippen LogP contribution is -2.29. The van der Waals surface area contributed by atoms with Crippen molar-refractivity contribution in [2.45, 2.75) is 19.8 Å². The molecule has 0 unspecified atom stereocenters. The first-order valence-corrected chi connectivity index (χ1v) is 9.77. The topological polar surface area (TPSA) is 71.7 Å². The molecule has 2 aromatic heterocycles. The molecule has 29 heavy (non-hydrogen) atoms. The number of rotatable bonds is 8. The minimum atomic E-state index is -0.387. The van der Waals surface area contributed by atoms with Gasteiger partial charge in [-0.3, -0.25) is 0 Å². The molecule has 0 radical (unpaired) electrons. The fourth-order valence-electron chi connectivity index (χ4n) is 3.28. The second kappa shape index (κ2) is 9.05. The van der Waals surface area contributed by atoms with Crippen LogP contribution >= 0.6 is 0 Å². The van der Waals surface area contributed by atoms with Gasteiger partial charge in [0, 0.05) is 32.4 Å². The predicted octanol–water partition coefficient (Wildman–Crippen LogP) is 3.21. The van der Waals surface area contributed by atoms with E-state index in [9.17, 15) is 4.79 Å². The number of nitrogens with zero attached hydrogens (tertiary/aromatic N) is 4. The molecule has 0 N–H and O–H groups in total. The Morgan fingerprint density at radius 1 is 1.17 bits per heavy atom. The van der Waals surface area contributed by atoms with E-state index in [1.165, 1.54) is 0 Å². The number of hydrogen-bond acceptors (Lipinski definition) is 7. The van der Waals surface area contributed by atoms with Crippen LogP contribution in [0.1, 0.15) is 18.9 Å². The zero-order valence-corrected chi connectivity index (χ0v) is 17.7. The van der Waals surface area contributed by atoms with Gasteiger partial charge in [-0.1, -0.05) is 13.3 Å². The SMILES string of the molecule is CCCc1cc(OC)cc2nc(-c3cccnc3N(C)CCN(C)C)oc(=O)c12. The van der Waals surface area contributed by atoms with Crippen LogP contribution < -0.4 is 15.3 Å². The third kappa shape index (κ3) is 4.56. The van der Waals surface area contributed by atoms with Crippen LogP contribution in [0.2, 0.25) is 0 Å². The van der Waals surface area contributed by atoms with Gasteiger partial charge in [0.25, 0.3) is 0 Å². The molecule has 3 aromatic rings. The first kappa shape index (κ1) is 20.8. The lowest BCUT2D eigenvalue weighted by molar-refractivity contribution is 0.414. The fraction of sp³-hybridized carbons (Fsp3) is 0.409. The molecule has 154 valence electrons. The van der Waals surface area contributed by atoms with Crippen LogP contribution in [-0.2, 0) is 6.42 Å². The van der Waals surface area contributed by atoms with E-state index >= 15 is 0 Å². The average molecular weight is 396 g/mol. The van der Waals surface area contributed by atoms with Crippen molar-refractivity contribution in [3.05, 3.63) is 46.4 Å². The summed E-state index contributed by atoms with van der Waals surface area (Å²) in [5.41, 5.74) is 1.77. The molecule has 2 heterocycles. The predicted molar refractivity (Wildman–Crippen MR) is 116 cm³/mol. The molecule has 7 nitrogen and oxygen atoms in total. The lowest BCUT2D eigenvalue weighted by atomic mass is 10.0. The number of methoxy groups -OCH3 is 1. The van der Waals surface area contributed by atoms with E-state index in [4.69, 9.17) is 9.15 Å². The summed E-state index contributed by atoms with van der Waals surface area (Å²) >= 11 is 0. The molecule has 0 saturated heterocycles. The first-order chi connectivity index (χ1) is 13.9. The van der Waals surface area contributed by atoms with Crippen molar-refractivity contribution >= 4 is 16.7 Å². The highest BCUT2D eigenvalue weighted by molar-refractivity contribution is 5.84. The maximum Gasteiger partial charge on any atom is 0.347 e. The molecule has 0 aliphatic carbocycles. The zero-order chi connectivity index (χ0) is 21.0. The minimum Gasteiger partial charge on any atom is -0.497 e. The van der Waals surface area contributed by atoms with E-state index in [0.29, 0.717) is 22.2 Å². The normalized spacial score (nSPS) is 11.2. The van der Waals surface area contributed by atoms with E-state index < -0.39 is 0 Å². The molecule has 0 amide bonds. The number of hydrogen-bond donors (Lipinski definition) is 0. The molecule has 0 spiro atoms. The third-order valence-electron chi connectivity index (χ3n) is 4.80. The summed E-state index contributed by atoms with van der Waals surface area (Å²) in [4.78, 5) is 26.2. The van der Waals surface area contributed by atoms with E-state index in [0.717, 1.165) is 37.3 Å². The van der Waals surface area contributed by atoms with Crippen LogP contribution in [0.5, 0.6) is 5.75 Å². The number of fused-ring (bicyclic) bond motifs is 1. The van der Waals surface area contributed by atoms with Gasteiger partial charge < -0.3 is 19.0 Å². The molecule has 3 rings (SSSR count). The Labute approximate surface area is 170 Å². The van der Waals surface area contributed by atoms with Crippen molar-refractivity contribution in [3.8, 4) is 17.2 Å². The van der Waals surface area contributed by atoms with Gasteiger partial charge in [0.15, 0.2) is 0 Å². The van der Waals surface area contributed by atoms with Crippen LogP contribution in [0.15, 0.2) is 39.7 Å². The molecule has 0 fully saturated rings. The van der Waals surface area contributed by atoms with Gasteiger partial charge in [0.2, 0.25) is 5.89 Å². The van der Waals surface area contributed by atoms with Crippen LogP contribution in [0.3, 0.4) is 0 Å². The summed E-state index contributed by atoms with van der Waals surface area (Å²) in [6, 6.07) is 7.35. The number of aromatic nitrogens is 2. The monoisotopic (exact) mass is 396 g/mol. The largest absolute Gasteiger partial charge is 0.497 e. The number of anilines is 1. The second-order valence-corrected chi connectivity index (χ2v) is 7.34. The minimum absolute atomic E-state index is 0.262. The van der Waals surface area contributed by atoms with E-state index in [1.54, 1.807) is 19.4 Å².